The van der Waals surface area contributed by atoms with E-state index >= 15 is 0 Å². The normalized spacial score (nSPS) is 22.9. The summed E-state index contributed by atoms with van der Waals surface area (Å²) in [6.45, 7) is 7.92. The Balaban J connectivity index is 1.78. The van der Waals surface area contributed by atoms with Gasteiger partial charge in [-0.25, -0.2) is 0 Å². The Morgan fingerprint density at radius 1 is 1.07 bits per heavy atom. The standard InChI is InChI=1S/C19H25BF3NO3/c1-17(2)18(3,4)27-20(26-17)15-8-6-5-7-14(15)16(25)24-11-9-13(10-12-24)19(21,22)23/h5-8,13H,9-12H2,1-4H3. The van der Waals surface area contributed by atoms with E-state index in [0.29, 0.717) is 11.0 Å². The van der Waals surface area contributed by atoms with Crippen LogP contribution in [0.25, 0.3) is 0 Å². The largest absolute Gasteiger partial charge is 0.495 e. The van der Waals surface area contributed by atoms with Gasteiger partial charge in [-0.2, -0.15) is 13.2 Å². The Labute approximate surface area is 158 Å². The molecule has 2 heterocycles. The zero-order chi connectivity index (χ0) is 20.0. The zero-order valence-electron chi connectivity index (χ0n) is 16.1. The molecular weight excluding hydrogens is 358 g/mol. The van der Waals surface area contributed by atoms with E-state index in [2.05, 4.69) is 0 Å². The molecule has 0 N–H and O–H groups in total. The number of likely N-dealkylation sites (tertiary alicyclic amines) is 1. The highest BCUT2D eigenvalue weighted by molar-refractivity contribution is 6.63. The molecule has 1 aromatic rings. The number of benzene rings is 1. The maximum Gasteiger partial charge on any atom is 0.495 e. The highest BCUT2D eigenvalue weighted by Gasteiger charge is 2.52. The number of carbonyl (C=O) groups excluding carboxylic acids is 1. The Bertz CT molecular complexity index is 696. The predicted octanol–water partition coefficient (Wildman–Crippen LogP) is 3.40. The van der Waals surface area contributed by atoms with Crippen molar-refractivity contribution in [3.63, 3.8) is 0 Å². The van der Waals surface area contributed by atoms with E-state index in [1.54, 1.807) is 24.3 Å². The van der Waals surface area contributed by atoms with Crippen LogP contribution in [-0.4, -0.2) is 48.4 Å². The van der Waals surface area contributed by atoms with E-state index in [1.165, 1.54) is 4.90 Å². The average molecular weight is 383 g/mol. The van der Waals surface area contributed by atoms with Crippen molar-refractivity contribution in [1.82, 2.24) is 4.90 Å². The van der Waals surface area contributed by atoms with Gasteiger partial charge in [0.05, 0.1) is 17.1 Å². The van der Waals surface area contributed by atoms with Gasteiger partial charge in [-0.15, -0.1) is 0 Å². The molecule has 2 saturated heterocycles. The molecule has 2 fully saturated rings. The van der Waals surface area contributed by atoms with Crippen molar-refractivity contribution in [2.24, 2.45) is 5.92 Å². The van der Waals surface area contributed by atoms with Gasteiger partial charge in [0.1, 0.15) is 0 Å². The van der Waals surface area contributed by atoms with Crippen LogP contribution < -0.4 is 5.46 Å². The van der Waals surface area contributed by atoms with Crippen LogP contribution in [-0.2, 0) is 9.31 Å². The molecule has 0 aromatic heterocycles. The summed E-state index contributed by atoms with van der Waals surface area (Å²) in [5.74, 6) is -1.61. The third-order valence-electron chi connectivity index (χ3n) is 5.94. The van der Waals surface area contributed by atoms with Gasteiger partial charge in [-0.3, -0.25) is 4.79 Å². The number of rotatable bonds is 2. The van der Waals surface area contributed by atoms with Crippen LogP contribution in [0.2, 0.25) is 0 Å². The van der Waals surface area contributed by atoms with Gasteiger partial charge in [0.25, 0.3) is 5.91 Å². The molecule has 0 aliphatic carbocycles. The fourth-order valence-corrected chi connectivity index (χ4v) is 3.45. The molecule has 4 nitrogen and oxygen atoms in total. The molecule has 27 heavy (non-hydrogen) atoms. The van der Waals surface area contributed by atoms with Crippen molar-refractivity contribution < 1.29 is 27.3 Å². The molecule has 8 heteroatoms. The molecule has 2 aliphatic heterocycles. The van der Waals surface area contributed by atoms with E-state index in [1.807, 2.05) is 27.7 Å². The SMILES string of the molecule is CC1(C)OB(c2ccccc2C(=O)N2CCC(C(F)(F)F)CC2)OC1(C)C. The smallest absolute Gasteiger partial charge is 0.399 e. The molecule has 0 unspecified atom stereocenters. The summed E-state index contributed by atoms with van der Waals surface area (Å²) in [5.41, 5.74) is -0.0573. The molecule has 1 aromatic carbocycles. The summed E-state index contributed by atoms with van der Waals surface area (Å²) in [6.07, 6.45) is -4.32. The van der Waals surface area contributed by atoms with E-state index in [0.717, 1.165) is 0 Å². The van der Waals surface area contributed by atoms with Crippen LogP contribution in [0, 0.1) is 5.92 Å². The molecule has 0 bridgehead atoms. The van der Waals surface area contributed by atoms with Crippen LogP contribution in [0.4, 0.5) is 13.2 Å². The summed E-state index contributed by atoms with van der Waals surface area (Å²) in [5, 5.41) is 0. The molecule has 0 radical (unpaired) electrons. The van der Waals surface area contributed by atoms with Crippen LogP contribution in [0.5, 0.6) is 0 Å². The quantitative estimate of drug-likeness (QED) is 0.735. The minimum atomic E-state index is -4.20. The van der Waals surface area contributed by atoms with Crippen molar-refractivity contribution >= 4 is 18.5 Å². The molecule has 0 saturated carbocycles. The lowest BCUT2D eigenvalue weighted by molar-refractivity contribution is -0.183. The topological polar surface area (TPSA) is 38.8 Å². The molecule has 2 aliphatic rings. The second-order valence-electron chi connectivity index (χ2n) is 8.28. The lowest BCUT2D eigenvalue weighted by atomic mass is 9.75. The number of hydrogen-bond donors (Lipinski definition) is 0. The summed E-state index contributed by atoms with van der Waals surface area (Å²) in [6, 6.07) is 6.99. The summed E-state index contributed by atoms with van der Waals surface area (Å²) in [7, 11) is -0.692. The average Bonchev–Trinajstić information content (AvgIpc) is 2.81. The van der Waals surface area contributed by atoms with Gasteiger partial charge >= 0.3 is 13.3 Å². The number of amides is 1. The molecule has 0 atom stereocenters. The molecule has 1 amide bonds. The van der Waals surface area contributed by atoms with Crippen LogP contribution >= 0.6 is 0 Å². The van der Waals surface area contributed by atoms with Crippen molar-refractivity contribution in [2.75, 3.05) is 13.1 Å². The van der Waals surface area contributed by atoms with Gasteiger partial charge in [-0.05, 0) is 52.1 Å². The third kappa shape index (κ3) is 3.87. The first-order valence-electron chi connectivity index (χ1n) is 9.23. The highest BCUT2D eigenvalue weighted by Crippen LogP contribution is 2.37. The van der Waals surface area contributed by atoms with Gasteiger partial charge in [0.2, 0.25) is 0 Å². The first-order chi connectivity index (χ1) is 12.4. The monoisotopic (exact) mass is 383 g/mol. The number of carbonyl (C=O) groups is 1. The lowest BCUT2D eigenvalue weighted by Gasteiger charge is -2.33. The minimum Gasteiger partial charge on any atom is -0.399 e. The molecular formula is C19H25BF3NO3. The van der Waals surface area contributed by atoms with Gasteiger partial charge in [-0.1, -0.05) is 18.2 Å². The molecule has 3 rings (SSSR count). The molecule has 148 valence electrons. The van der Waals surface area contributed by atoms with Crippen molar-refractivity contribution in [2.45, 2.75) is 57.9 Å². The van der Waals surface area contributed by atoms with Crippen LogP contribution in [0.15, 0.2) is 24.3 Å². The maximum atomic E-state index is 13.0. The lowest BCUT2D eigenvalue weighted by Crippen LogP contribution is -2.45. The van der Waals surface area contributed by atoms with Gasteiger partial charge in [0, 0.05) is 18.7 Å². The van der Waals surface area contributed by atoms with E-state index in [9.17, 15) is 18.0 Å². The first kappa shape index (κ1) is 20.2. The second-order valence-corrected chi connectivity index (χ2v) is 8.28. The predicted molar refractivity (Wildman–Crippen MR) is 96.8 cm³/mol. The number of hydrogen-bond acceptors (Lipinski definition) is 3. The second kappa shape index (κ2) is 6.81. The zero-order valence-corrected chi connectivity index (χ0v) is 16.1. The number of halogens is 3. The summed E-state index contributed by atoms with van der Waals surface area (Å²) < 4.78 is 50.7. The van der Waals surface area contributed by atoms with Crippen molar-refractivity contribution in [3.05, 3.63) is 29.8 Å². The fraction of sp³-hybridized carbons (Fsp3) is 0.632. The van der Waals surface area contributed by atoms with E-state index in [4.69, 9.17) is 9.31 Å². The van der Waals surface area contributed by atoms with E-state index < -0.39 is 30.4 Å². The van der Waals surface area contributed by atoms with Gasteiger partial charge in [0.15, 0.2) is 0 Å². The third-order valence-corrected chi connectivity index (χ3v) is 5.94. The Morgan fingerprint density at radius 3 is 2.11 bits per heavy atom. The Kier molecular flexibility index (Phi) is 5.10. The summed E-state index contributed by atoms with van der Waals surface area (Å²) >= 11 is 0. The number of alkyl halides is 3. The van der Waals surface area contributed by atoms with Crippen molar-refractivity contribution in [1.29, 1.82) is 0 Å². The Morgan fingerprint density at radius 2 is 1.59 bits per heavy atom. The Hall–Kier alpha value is -1.54. The number of nitrogens with zero attached hydrogens (tertiary/aromatic N) is 1. The van der Waals surface area contributed by atoms with Crippen molar-refractivity contribution in [3.8, 4) is 0 Å². The van der Waals surface area contributed by atoms with Crippen LogP contribution in [0.3, 0.4) is 0 Å². The first-order valence-corrected chi connectivity index (χ1v) is 9.23. The fourth-order valence-electron chi connectivity index (χ4n) is 3.45. The highest BCUT2D eigenvalue weighted by atomic mass is 19.4. The minimum absolute atomic E-state index is 0.0616. The van der Waals surface area contributed by atoms with Crippen LogP contribution in [0.1, 0.15) is 50.9 Å². The van der Waals surface area contributed by atoms with Gasteiger partial charge < -0.3 is 14.2 Å². The maximum absolute atomic E-state index is 13.0. The molecule has 0 spiro atoms. The summed E-state index contributed by atoms with van der Waals surface area (Å²) in [4.78, 5) is 14.5. The van der Waals surface area contributed by atoms with E-state index in [-0.39, 0.29) is 31.8 Å². The number of piperidine rings is 1.